The van der Waals surface area contributed by atoms with Gasteiger partial charge in [-0.15, -0.1) is 0 Å². The molecule has 22 heavy (non-hydrogen) atoms. The van der Waals surface area contributed by atoms with Crippen LogP contribution in [0.2, 0.25) is 0 Å². The van der Waals surface area contributed by atoms with Crippen LogP contribution < -0.4 is 0 Å². The number of ketones is 1. The quantitative estimate of drug-likeness (QED) is 0.581. The lowest BCUT2D eigenvalue weighted by molar-refractivity contribution is -0.108. The highest BCUT2D eigenvalue weighted by Crippen LogP contribution is 2.43. The molecule has 0 aromatic heterocycles. The number of halogens is 2. The van der Waals surface area contributed by atoms with E-state index in [1.54, 1.807) is 0 Å². The highest BCUT2D eigenvalue weighted by Gasteiger charge is 2.31. The molecular weight excluding hydrogens is 404 g/mol. The van der Waals surface area contributed by atoms with E-state index >= 15 is 0 Å². The minimum atomic E-state index is 0.0915. The Hall–Kier alpha value is -1.45. The molecule has 0 spiro atoms. The molecule has 1 aliphatic carbocycles. The third-order valence-electron chi connectivity index (χ3n) is 4.05. The van der Waals surface area contributed by atoms with E-state index in [1.165, 1.54) is 0 Å². The molecule has 0 saturated carbocycles. The number of hydrogen-bond donors (Lipinski definition) is 0. The van der Waals surface area contributed by atoms with E-state index in [2.05, 4.69) is 31.9 Å². The Kier molecular flexibility index (Phi) is 4.20. The SMILES string of the molecule is CC1=C(c2ccccc2Br)C(=O)C(c2ccccc2Br)=C1C. The van der Waals surface area contributed by atoms with Crippen molar-refractivity contribution in [3.05, 3.63) is 79.7 Å². The first kappa shape index (κ1) is 15.4. The molecule has 0 saturated heterocycles. The van der Waals surface area contributed by atoms with E-state index in [4.69, 9.17) is 0 Å². The summed E-state index contributed by atoms with van der Waals surface area (Å²) in [5.74, 6) is 0.0915. The first-order chi connectivity index (χ1) is 10.5. The van der Waals surface area contributed by atoms with Crippen LogP contribution in [0.4, 0.5) is 0 Å². The average Bonchev–Trinajstić information content (AvgIpc) is 2.72. The molecule has 0 aliphatic heterocycles. The van der Waals surface area contributed by atoms with E-state index < -0.39 is 0 Å². The van der Waals surface area contributed by atoms with Crippen LogP contribution in [-0.2, 0) is 4.79 Å². The van der Waals surface area contributed by atoms with Crippen LogP contribution in [0.5, 0.6) is 0 Å². The van der Waals surface area contributed by atoms with Gasteiger partial charge in [0.2, 0.25) is 0 Å². The molecule has 0 fully saturated rings. The van der Waals surface area contributed by atoms with Crippen LogP contribution >= 0.6 is 31.9 Å². The smallest absolute Gasteiger partial charge is 0.194 e. The fourth-order valence-corrected chi connectivity index (χ4v) is 3.78. The molecule has 0 unspecified atom stereocenters. The number of rotatable bonds is 2. The zero-order chi connectivity index (χ0) is 15.9. The molecule has 0 atom stereocenters. The summed E-state index contributed by atoms with van der Waals surface area (Å²) in [4.78, 5) is 13.1. The van der Waals surface area contributed by atoms with Crippen molar-refractivity contribution in [2.45, 2.75) is 13.8 Å². The summed E-state index contributed by atoms with van der Waals surface area (Å²) in [5.41, 5.74) is 5.56. The molecule has 0 radical (unpaired) electrons. The number of Topliss-reactive ketones (excluding diaryl/α,β-unsaturated/α-hetero) is 1. The minimum absolute atomic E-state index is 0.0915. The molecule has 1 nitrogen and oxygen atoms in total. The molecule has 3 heteroatoms. The monoisotopic (exact) mass is 416 g/mol. The van der Waals surface area contributed by atoms with Gasteiger partial charge in [0.1, 0.15) is 0 Å². The second kappa shape index (κ2) is 5.98. The largest absolute Gasteiger partial charge is 0.289 e. The minimum Gasteiger partial charge on any atom is -0.289 e. The van der Waals surface area contributed by atoms with Crippen molar-refractivity contribution in [1.82, 2.24) is 0 Å². The maximum atomic E-state index is 13.1. The zero-order valence-corrected chi connectivity index (χ0v) is 15.5. The standard InChI is InChI=1S/C19H14Br2O/c1-11-12(2)18(14-8-4-6-10-16(14)21)19(22)17(11)13-7-3-5-9-15(13)20/h3-10H,1-2H3. The summed E-state index contributed by atoms with van der Waals surface area (Å²) in [6, 6.07) is 15.7. The number of carbonyl (C=O) groups is 1. The predicted octanol–water partition coefficient (Wildman–Crippen LogP) is 6.04. The van der Waals surface area contributed by atoms with Gasteiger partial charge in [0.25, 0.3) is 0 Å². The van der Waals surface area contributed by atoms with Gasteiger partial charge < -0.3 is 0 Å². The maximum Gasteiger partial charge on any atom is 0.194 e. The van der Waals surface area contributed by atoms with Crippen LogP contribution in [0.15, 0.2) is 68.6 Å². The fraction of sp³-hybridized carbons (Fsp3) is 0.105. The number of benzene rings is 2. The third-order valence-corrected chi connectivity index (χ3v) is 5.44. The van der Waals surface area contributed by atoms with Gasteiger partial charge in [-0.05, 0) is 37.1 Å². The van der Waals surface area contributed by atoms with Gasteiger partial charge in [0.15, 0.2) is 5.78 Å². The van der Waals surface area contributed by atoms with Crippen molar-refractivity contribution < 1.29 is 4.79 Å². The van der Waals surface area contributed by atoms with E-state index in [1.807, 2.05) is 62.4 Å². The summed E-state index contributed by atoms with van der Waals surface area (Å²) >= 11 is 7.12. The Bertz CT molecular complexity index is 775. The number of hydrogen-bond acceptors (Lipinski definition) is 1. The van der Waals surface area contributed by atoms with Crippen LogP contribution in [0.25, 0.3) is 11.1 Å². The van der Waals surface area contributed by atoms with Crippen LogP contribution in [0.1, 0.15) is 25.0 Å². The molecule has 110 valence electrons. The maximum absolute atomic E-state index is 13.1. The van der Waals surface area contributed by atoms with E-state index in [0.29, 0.717) is 0 Å². The highest BCUT2D eigenvalue weighted by atomic mass is 79.9. The van der Waals surface area contributed by atoms with Gasteiger partial charge in [-0.2, -0.15) is 0 Å². The fourth-order valence-electron chi connectivity index (χ4n) is 2.82. The Balaban J connectivity index is 2.16. The summed E-state index contributed by atoms with van der Waals surface area (Å²) in [6.07, 6.45) is 0. The van der Waals surface area contributed by atoms with E-state index in [-0.39, 0.29) is 5.78 Å². The van der Waals surface area contributed by atoms with Crippen molar-refractivity contribution in [2.24, 2.45) is 0 Å². The van der Waals surface area contributed by atoms with Crippen molar-refractivity contribution >= 4 is 48.8 Å². The molecule has 1 aliphatic rings. The Morgan fingerprint density at radius 1 is 0.682 bits per heavy atom. The average molecular weight is 418 g/mol. The van der Waals surface area contributed by atoms with Gasteiger partial charge in [-0.25, -0.2) is 0 Å². The molecule has 0 bridgehead atoms. The number of allylic oxidation sites excluding steroid dienone is 4. The van der Waals surface area contributed by atoms with Crippen molar-refractivity contribution in [3.63, 3.8) is 0 Å². The zero-order valence-electron chi connectivity index (χ0n) is 12.3. The van der Waals surface area contributed by atoms with E-state index in [9.17, 15) is 4.79 Å². The van der Waals surface area contributed by atoms with Gasteiger partial charge in [0.05, 0.1) is 0 Å². The summed E-state index contributed by atoms with van der Waals surface area (Å²) in [5, 5.41) is 0. The molecule has 2 aromatic carbocycles. The van der Waals surface area contributed by atoms with Crippen LogP contribution in [0, 0.1) is 0 Å². The number of carbonyl (C=O) groups excluding carboxylic acids is 1. The third kappa shape index (κ3) is 2.42. The topological polar surface area (TPSA) is 17.1 Å². The molecule has 2 aromatic rings. The van der Waals surface area contributed by atoms with Gasteiger partial charge in [-0.3, -0.25) is 4.79 Å². The van der Waals surface area contributed by atoms with Crippen LogP contribution in [-0.4, -0.2) is 5.78 Å². The first-order valence-corrected chi connectivity index (χ1v) is 8.57. The summed E-state index contributed by atoms with van der Waals surface area (Å²) in [7, 11) is 0. The van der Waals surface area contributed by atoms with Crippen molar-refractivity contribution in [1.29, 1.82) is 0 Å². The second-order valence-corrected chi connectivity index (χ2v) is 7.00. The molecule has 0 heterocycles. The first-order valence-electron chi connectivity index (χ1n) is 6.99. The highest BCUT2D eigenvalue weighted by molar-refractivity contribution is 9.10. The molecule has 0 amide bonds. The van der Waals surface area contributed by atoms with Crippen molar-refractivity contribution in [3.8, 4) is 0 Å². The molecular formula is C19H14Br2O. The lowest BCUT2D eigenvalue weighted by Gasteiger charge is -2.09. The summed E-state index contributed by atoms with van der Waals surface area (Å²) in [6.45, 7) is 4.04. The van der Waals surface area contributed by atoms with Crippen LogP contribution in [0.3, 0.4) is 0 Å². The summed E-state index contributed by atoms with van der Waals surface area (Å²) < 4.78 is 1.89. The Labute approximate surface area is 147 Å². The molecule has 3 rings (SSSR count). The van der Waals surface area contributed by atoms with Crippen molar-refractivity contribution in [2.75, 3.05) is 0 Å². The van der Waals surface area contributed by atoms with Gasteiger partial charge >= 0.3 is 0 Å². The van der Waals surface area contributed by atoms with Gasteiger partial charge in [0, 0.05) is 31.2 Å². The predicted molar refractivity (Wildman–Crippen MR) is 98.5 cm³/mol. The molecule has 0 N–H and O–H groups in total. The Morgan fingerprint density at radius 3 is 1.41 bits per heavy atom. The Morgan fingerprint density at radius 2 is 1.05 bits per heavy atom. The second-order valence-electron chi connectivity index (χ2n) is 5.29. The van der Waals surface area contributed by atoms with Gasteiger partial charge in [-0.1, -0.05) is 68.3 Å². The van der Waals surface area contributed by atoms with E-state index in [0.717, 1.165) is 42.4 Å². The lowest BCUT2D eigenvalue weighted by atomic mass is 9.96. The lowest BCUT2D eigenvalue weighted by Crippen LogP contribution is -2.02. The normalized spacial score (nSPS) is 15.0.